The van der Waals surface area contributed by atoms with Crippen LogP contribution in [-0.4, -0.2) is 42.8 Å². The third-order valence-corrected chi connectivity index (χ3v) is 8.96. The molecule has 5 rings (SSSR count). The monoisotopic (exact) mass is 505 g/mol. The van der Waals surface area contributed by atoms with Crippen LogP contribution in [-0.2, 0) is 27.8 Å². The molecule has 7 nitrogen and oxygen atoms in total. The maximum absolute atomic E-state index is 13.9. The number of fused-ring (bicyclic) bond motifs is 5. The first-order valence-electron chi connectivity index (χ1n) is 10.6. The lowest BCUT2D eigenvalue weighted by molar-refractivity contribution is -0.118. The molecule has 2 unspecified atom stereocenters. The van der Waals surface area contributed by atoms with E-state index in [0.29, 0.717) is 49.2 Å². The van der Waals surface area contributed by atoms with Gasteiger partial charge in [0.05, 0.1) is 5.69 Å². The smallest absolute Gasteiger partial charge is 0.250 e. The average molecular weight is 506 g/mol. The van der Waals surface area contributed by atoms with Crippen LogP contribution in [0.4, 0.5) is 5.69 Å². The number of nitrogens with zero attached hydrogens (tertiary/aromatic N) is 3. The van der Waals surface area contributed by atoms with E-state index < -0.39 is 10.0 Å². The van der Waals surface area contributed by atoms with E-state index in [2.05, 4.69) is 15.9 Å². The summed E-state index contributed by atoms with van der Waals surface area (Å²) in [5.41, 5.74) is 2.29. The number of hydrogen-bond donors (Lipinski definition) is 0. The van der Waals surface area contributed by atoms with Crippen LogP contribution in [0.1, 0.15) is 36.9 Å². The molecule has 0 N–H and O–H groups in total. The van der Waals surface area contributed by atoms with Crippen LogP contribution in [0.15, 0.2) is 44.5 Å². The summed E-state index contributed by atoms with van der Waals surface area (Å²) >= 11 is 3.46. The van der Waals surface area contributed by atoms with Crippen molar-refractivity contribution in [3.05, 3.63) is 56.4 Å². The van der Waals surface area contributed by atoms with Crippen LogP contribution in [0, 0.1) is 5.92 Å². The molecule has 31 heavy (non-hydrogen) atoms. The zero-order chi connectivity index (χ0) is 21.9. The number of carbonyl (C=O) groups excluding carboxylic acids is 1. The Balaban J connectivity index is 1.56. The van der Waals surface area contributed by atoms with Crippen molar-refractivity contribution in [1.29, 1.82) is 0 Å². The molecule has 3 aliphatic heterocycles. The van der Waals surface area contributed by atoms with Crippen LogP contribution < -0.4 is 10.5 Å². The van der Waals surface area contributed by atoms with Crippen molar-refractivity contribution in [3.63, 3.8) is 0 Å². The minimum Gasteiger partial charge on any atom is -0.312 e. The van der Waals surface area contributed by atoms with Gasteiger partial charge in [0.25, 0.3) is 5.56 Å². The molecule has 4 heterocycles. The summed E-state index contributed by atoms with van der Waals surface area (Å²) in [4.78, 5) is 26.6. The SMILES string of the molecule is CCC(=O)N1CCc2cc(Br)cc(S(=O)(=O)N3CC4CC(C3)c3cccc(=O)n3C4)c21. The van der Waals surface area contributed by atoms with Gasteiger partial charge in [0, 0.05) is 54.8 Å². The summed E-state index contributed by atoms with van der Waals surface area (Å²) in [7, 11) is -3.82. The number of carbonyl (C=O) groups is 1. The first-order chi connectivity index (χ1) is 14.8. The molecule has 9 heteroatoms. The van der Waals surface area contributed by atoms with Crippen LogP contribution in [0.5, 0.6) is 0 Å². The second-order valence-electron chi connectivity index (χ2n) is 8.58. The van der Waals surface area contributed by atoms with Crippen molar-refractivity contribution >= 4 is 37.5 Å². The fourth-order valence-corrected chi connectivity index (χ4v) is 7.77. The van der Waals surface area contributed by atoms with Gasteiger partial charge in [0.1, 0.15) is 4.90 Å². The summed E-state index contributed by atoms with van der Waals surface area (Å²) in [6.07, 6.45) is 1.85. The van der Waals surface area contributed by atoms with Crippen molar-refractivity contribution in [2.24, 2.45) is 5.92 Å². The lowest BCUT2D eigenvalue weighted by Crippen LogP contribution is -2.49. The van der Waals surface area contributed by atoms with E-state index in [4.69, 9.17) is 0 Å². The first kappa shape index (κ1) is 20.9. The van der Waals surface area contributed by atoms with Gasteiger partial charge in [0.2, 0.25) is 15.9 Å². The molecular weight excluding hydrogens is 482 g/mol. The molecule has 1 aromatic heterocycles. The van der Waals surface area contributed by atoms with Gasteiger partial charge >= 0.3 is 0 Å². The molecule has 0 aliphatic carbocycles. The topological polar surface area (TPSA) is 79.7 Å². The molecule has 2 bridgehead atoms. The van der Waals surface area contributed by atoms with E-state index in [1.807, 2.05) is 12.1 Å². The maximum Gasteiger partial charge on any atom is 0.250 e. The van der Waals surface area contributed by atoms with Crippen molar-refractivity contribution in [2.75, 3.05) is 24.5 Å². The van der Waals surface area contributed by atoms with Gasteiger partial charge in [-0.1, -0.05) is 28.9 Å². The van der Waals surface area contributed by atoms with E-state index in [0.717, 1.165) is 17.7 Å². The van der Waals surface area contributed by atoms with Crippen molar-refractivity contribution in [1.82, 2.24) is 8.87 Å². The van der Waals surface area contributed by atoms with Gasteiger partial charge in [-0.3, -0.25) is 9.59 Å². The Morgan fingerprint density at radius 3 is 2.77 bits per heavy atom. The normalized spacial score (nSPS) is 22.8. The standard InChI is InChI=1S/C22H24BrN3O4S/c1-2-20(27)25-7-6-15-9-17(23)10-19(22(15)25)31(29,30)24-11-14-8-16(13-24)18-4-3-5-21(28)26(18)12-14/h3-5,9-10,14,16H,2,6-8,11-13H2,1H3. The van der Waals surface area contributed by atoms with E-state index in [9.17, 15) is 18.0 Å². The number of rotatable bonds is 3. The number of piperidine rings is 1. The largest absolute Gasteiger partial charge is 0.312 e. The van der Waals surface area contributed by atoms with Gasteiger partial charge in [-0.25, -0.2) is 8.42 Å². The second-order valence-corrected chi connectivity index (χ2v) is 11.4. The van der Waals surface area contributed by atoms with Gasteiger partial charge in [0.15, 0.2) is 0 Å². The highest BCUT2D eigenvalue weighted by Crippen LogP contribution is 2.42. The van der Waals surface area contributed by atoms with Crippen molar-refractivity contribution in [2.45, 2.75) is 43.5 Å². The lowest BCUT2D eigenvalue weighted by Gasteiger charge is -2.42. The van der Waals surface area contributed by atoms with E-state index in [1.165, 1.54) is 0 Å². The highest BCUT2D eigenvalue weighted by atomic mass is 79.9. The quantitative estimate of drug-likeness (QED) is 0.642. The van der Waals surface area contributed by atoms with Crippen LogP contribution in [0.25, 0.3) is 0 Å². The van der Waals surface area contributed by atoms with Crippen LogP contribution in [0.3, 0.4) is 0 Å². The second kappa shape index (κ2) is 7.56. The van der Waals surface area contributed by atoms with E-state index in [-0.39, 0.29) is 28.2 Å². The number of anilines is 1. The average Bonchev–Trinajstić information content (AvgIpc) is 3.17. The van der Waals surface area contributed by atoms with Crippen LogP contribution in [0.2, 0.25) is 0 Å². The van der Waals surface area contributed by atoms with Crippen LogP contribution >= 0.6 is 15.9 Å². The number of aromatic nitrogens is 1. The minimum atomic E-state index is -3.82. The highest BCUT2D eigenvalue weighted by Gasteiger charge is 2.42. The van der Waals surface area contributed by atoms with Gasteiger partial charge in [-0.15, -0.1) is 0 Å². The number of hydrogen-bond acceptors (Lipinski definition) is 4. The number of benzene rings is 1. The minimum absolute atomic E-state index is 0.00949. The molecule has 0 saturated carbocycles. The van der Waals surface area contributed by atoms with Crippen molar-refractivity contribution in [3.8, 4) is 0 Å². The Morgan fingerprint density at radius 2 is 2.00 bits per heavy atom. The molecular formula is C22H24BrN3O4S. The Labute approximate surface area is 189 Å². The zero-order valence-electron chi connectivity index (χ0n) is 17.3. The zero-order valence-corrected chi connectivity index (χ0v) is 19.7. The highest BCUT2D eigenvalue weighted by molar-refractivity contribution is 9.10. The van der Waals surface area contributed by atoms with E-state index >= 15 is 0 Å². The Bertz CT molecular complexity index is 1240. The summed E-state index contributed by atoms with van der Waals surface area (Å²) < 4.78 is 31.8. The Hall–Kier alpha value is -1.97. The third kappa shape index (κ3) is 3.37. The molecule has 1 fully saturated rings. The van der Waals surface area contributed by atoms with Crippen molar-refractivity contribution < 1.29 is 13.2 Å². The molecule has 3 aliphatic rings. The summed E-state index contributed by atoms with van der Waals surface area (Å²) in [6.45, 7) is 3.55. The number of sulfonamides is 1. The molecule has 2 atom stereocenters. The summed E-state index contributed by atoms with van der Waals surface area (Å²) in [5, 5.41) is 0. The molecule has 1 aromatic carbocycles. The molecule has 1 amide bonds. The fourth-order valence-electron chi connectivity index (χ4n) is 5.29. The molecule has 0 radical (unpaired) electrons. The molecule has 164 valence electrons. The molecule has 2 aromatic rings. The number of halogens is 1. The van der Waals surface area contributed by atoms with E-state index in [1.54, 1.807) is 38.9 Å². The lowest BCUT2D eigenvalue weighted by atomic mass is 9.84. The van der Waals surface area contributed by atoms with Gasteiger partial charge < -0.3 is 9.47 Å². The number of pyridine rings is 1. The summed E-state index contributed by atoms with van der Waals surface area (Å²) in [6, 6.07) is 8.76. The Kier molecular flexibility index (Phi) is 5.10. The fraction of sp³-hybridized carbons (Fsp3) is 0.455. The predicted octanol–water partition coefficient (Wildman–Crippen LogP) is 2.72. The third-order valence-electron chi connectivity index (χ3n) is 6.66. The first-order valence-corrected chi connectivity index (χ1v) is 12.9. The summed E-state index contributed by atoms with van der Waals surface area (Å²) in [5.74, 6) is 0.0146. The van der Waals surface area contributed by atoms with Gasteiger partial charge in [-0.05, 0) is 42.5 Å². The predicted molar refractivity (Wildman–Crippen MR) is 121 cm³/mol. The number of amides is 1. The molecule has 1 saturated heterocycles. The maximum atomic E-state index is 13.9. The molecule has 0 spiro atoms. The van der Waals surface area contributed by atoms with Gasteiger partial charge in [-0.2, -0.15) is 4.31 Å². The Morgan fingerprint density at radius 1 is 1.19 bits per heavy atom.